The van der Waals surface area contributed by atoms with Crippen LogP contribution in [0.3, 0.4) is 0 Å². The average Bonchev–Trinajstić information content (AvgIpc) is 3.04. The van der Waals surface area contributed by atoms with E-state index in [9.17, 15) is 14.7 Å². The standard InChI is InChI=1S/C19H21NO4/c1-13(17(21)20-19(18(22)23)10-4-5-11-19)24-16-9-8-14-6-2-3-7-15(14)12-16/h2-3,6-9,12-13H,4-5,10-11H2,1H3,(H,20,21)(H,22,23). The number of nitrogens with one attached hydrogen (secondary N) is 1. The van der Waals surface area contributed by atoms with Crippen LogP contribution in [0.4, 0.5) is 0 Å². The van der Waals surface area contributed by atoms with Gasteiger partial charge in [-0.3, -0.25) is 4.79 Å². The molecule has 0 aromatic heterocycles. The Labute approximate surface area is 140 Å². The second-order valence-electron chi connectivity index (χ2n) is 6.35. The summed E-state index contributed by atoms with van der Waals surface area (Å²) < 4.78 is 5.71. The molecule has 5 nitrogen and oxygen atoms in total. The SMILES string of the molecule is CC(Oc1ccc2ccccc2c1)C(=O)NC1(C(=O)O)CCCC1. The van der Waals surface area contributed by atoms with E-state index in [2.05, 4.69) is 5.32 Å². The summed E-state index contributed by atoms with van der Waals surface area (Å²) in [6.45, 7) is 1.63. The van der Waals surface area contributed by atoms with Gasteiger partial charge >= 0.3 is 5.97 Å². The van der Waals surface area contributed by atoms with E-state index in [0.29, 0.717) is 18.6 Å². The molecule has 0 spiro atoms. The number of ether oxygens (including phenoxy) is 1. The second-order valence-corrected chi connectivity index (χ2v) is 6.35. The van der Waals surface area contributed by atoms with E-state index >= 15 is 0 Å². The van der Waals surface area contributed by atoms with E-state index in [4.69, 9.17) is 4.74 Å². The van der Waals surface area contributed by atoms with Crippen molar-refractivity contribution in [1.82, 2.24) is 5.32 Å². The summed E-state index contributed by atoms with van der Waals surface area (Å²) in [4.78, 5) is 23.9. The Morgan fingerprint density at radius 3 is 2.46 bits per heavy atom. The summed E-state index contributed by atoms with van der Waals surface area (Å²) in [7, 11) is 0. The molecule has 1 unspecified atom stereocenters. The smallest absolute Gasteiger partial charge is 0.329 e. The van der Waals surface area contributed by atoms with E-state index in [-0.39, 0.29) is 0 Å². The van der Waals surface area contributed by atoms with Gasteiger partial charge in [-0.15, -0.1) is 0 Å². The molecule has 0 radical (unpaired) electrons. The molecule has 2 aromatic rings. The van der Waals surface area contributed by atoms with Crippen molar-refractivity contribution >= 4 is 22.6 Å². The molecule has 24 heavy (non-hydrogen) atoms. The largest absolute Gasteiger partial charge is 0.481 e. The zero-order chi connectivity index (χ0) is 17.2. The minimum Gasteiger partial charge on any atom is -0.481 e. The van der Waals surface area contributed by atoms with Crippen LogP contribution in [0.2, 0.25) is 0 Å². The normalized spacial score (nSPS) is 17.4. The van der Waals surface area contributed by atoms with E-state index < -0.39 is 23.5 Å². The van der Waals surface area contributed by atoms with Crippen molar-refractivity contribution < 1.29 is 19.4 Å². The van der Waals surface area contributed by atoms with Crippen LogP contribution >= 0.6 is 0 Å². The van der Waals surface area contributed by atoms with Crippen LogP contribution in [0.15, 0.2) is 42.5 Å². The quantitative estimate of drug-likeness (QED) is 0.885. The van der Waals surface area contributed by atoms with Gasteiger partial charge in [0, 0.05) is 0 Å². The molecule has 0 saturated heterocycles. The van der Waals surface area contributed by atoms with Crippen molar-refractivity contribution in [1.29, 1.82) is 0 Å². The molecule has 1 amide bonds. The third kappa shape index (κ3) is 3.20. The summed E-state index contributed by atoms with van der Waals surface area (Å²) in [6, 6.07) is 13.5. The molecular weight excluding hydrogens is 306 g/mol. The molecule has 0 heterocycles. The number of carboxylic acid groups (broad SMARTS) is 1. The maximum atomic E-state index is 12.4. The lowest BCUT2D eigenvalue weighted by atomic mass is 9.97. The average molecular weight is 327 g/mol. The molecule has 126 valence electrons. The molecule has 0 aliphatic heterocycles. The van der Waals surface area contributed by atoms with Crippen LogP contribution in [0.1, 0.15) is 32.6 Å². The van der Waals surface area contributed by atoms with E-state index in [1.54, 1.807) is 6.92 Å². The van der Waals surface area contributed by atoms with Crippen LogP contribution in [-0.4, -0.2) is 28.6 Å². The third-order valence-electron chi connectivity index (χ3n) is 4.63. The fourth-order valence-corrected chi connectivity index (χ4v) is 3.21. The van der Waals surface area contributed by atoms with Gasteiger partial charge in [-0.1, -0.05) is 43.2 Å². The molecule has 2 N–H and O–H groups in total. The molecule has 0 bridgehead atoms. The van der Waals surface area contributed by atoms with Crippen molar-refractivity contribution in [3.8, 4) is 5.75 Å². The van der Waals surface area contributed by atoms with Crippen LogP contribution in [0.5, 0.6) is 5.75 Å². The van der Waals surface area contributed by atoms with Gasteiger partial charge in [-0.05, 0) is 42.7 Å². The summed E-state index contributed by atoms with van der Waals surface area (Å²) in [5.74, 6) is -0.772. The van der Waals surface area contributed by atoms with Crippen LogP contribution in [0.25, 0.3) is 10.8 Å². The van der Waals surface area contributed by atoms with Crippen molar-refractivity contribution in [3.63, 3.8) is 0 Å². The first kappa shape index (κ1) is 16.3. The third-order valence-corrected chi connectivity index (χ3v) is 4.63. The molecule has 3 rings (SSSR count). The van der Waals surface area contributed by atoms with Gasteiger partial charge in [0.25, 0.3) is 5.91 Å². The van der Waals surface area contributed by atoms with Crippen molar-refractivity contribution in [2.24, 2.45) is 0 Å². The van der Waals surface area contributed by atoms with Gasteiger partial charge < -0.3 is 15.2 Å². The monoisotopic (exact) mass is 327 g/mol. The predicted octanol–water partition coefficient (Wildman–Crippen LogP) is 3.12. The molecule has 5 heteroatoms. The first-order valence-corrected chi connectivity index (χ1v) is 8.21. The topological polar surface area (TPSA) is 75.6 Å². The lowest BCUT2D eigenvalue weighted by Gasteiger charge is -2.27. The highest BCUT2D eigenvalue weighted by atomic mass is 16.5. The predicted molar refractivity (Wildman–Crippen MR) is 91.0 cm³/mol. The Kier molecular flexibility index (Phi) is 4.42. The minimum absolute atomic E-state index is 0.396. The highest BCUT2D eigenvalue weighted by Crippen LogP contribution is 2.30. The fraction of sp³-hybridized carbons (Fsp3) is 0.368. The molecule has 1 fully saturated rings. The van der Waals surface area contributed by atoms with Crippen LogP contribution < -0.4 is 10.1 Å². The Morgan fingerprint density at radius 1 is 1.12 bits per heavy atom. The summed E-state index contributed by atoms with van der Waals surface area (Å²) >= 11 is 0. The van der Waals surface area contributed by atoms with Crippen LogP contribution in [-0.2, 0) is 9.59 Å². The minimum atomic E-state index is -1.14. The molecular formula is C19H21NO4. The van der Waals surface area contributed by atoms with E-state index in [1.165, 1.54) is 0 Å². The first-order valence-electron chi connectivity index (χ1n) is 8.21. The van der Waals surface area contributed by atoms with E-state index in [1.807, 2.05) is 42.5 Å². The molecule has 1 aliphatic rings. The Balaban J connectivity index is 1.70. The lowest BCUT2D eigenvalue weighted by Crippen LogP contribution is -2.55. The number of fused-ring (bicyclic) bond motifs is 1. The number of rotatable bonds is 5. The van der Waals surface area contributed by atoms with Crippen LogP contribution in [0, 0.1) is 0 Å². The number of amides is 1. The number of aliphatic carboxylic acids is 1. The zero-order valence-electron chi connectivity index (χ0n) is 13.6. The molecule has 1 aliphatic carbocycles. The number of hydrogen-bond donors (Lipinski definition) is 2. The first-order chi connectivity index (χ1) is 11.5. The number of hydrogen-bond acceptors (Lipinski definition) is 3. The molecule has 1 saturated carbocycles. The van der Waals surface area contributed by atoms with Crippen molar-refractivity contribution in [2.75, 3.05) is 0 Å². The Hall–Kier alpha value is -2.56. The van der Waals surface area contributed by atoms with Gasteiger partial charge in [0.15, 0.2) is 6.10 Å². The van der Waals surface area contributed by atoms with Gasteiger partial charge in [0.1, 0.15) is 11.3 Å². The van der Waals surface area contributed by atoms with Gasteiger partial charge in [-0.25, -0.2) is 4.79 Å². The zero-order valence-corrected chi connectivity index (χ0v) is 13.6. The van der Waals surface area contributed by atoms with Crippen molar-refractivity contribution in [2.45, 2.75) is 44.2 Å². The highest BCUT2D eigenvalue weighted by molar-refractivity contribution is 5.89. The number of carbonyl (C=O) groups is 2. The summed E-state index contributed by atoms with van der Waals surface area (Å²) in [6.07, 6.45) is 1.80. The Bertz CT molecular complexity index is 765. The Morgan fingerprint density at radius 2 is 1.79 bits per heavy atom. The van der Waals surface area contributed by atoms with Crippen molar-refractivity contribution in [3.05, 3.63) is 42.5 Å². The molecule has 2 aromatic carbocycles. The number of carboxylic acids is 1. The maximum Gasteiger partial charge on any atom is 0.329 e. The van der Waals surface area contributed by atoms with Gasteiger partial charge in [-0.2, -0.15) is 0 Å². The van der Waals surface area contributed by atoms with Gasteiger partial charge in [0.05, 0.1) is 0 Å². The fourth-order valence-electron chi connectivity index (χ4n) is 3.21. The highest BCUT2D eigenvalue weighted by Gasteiger charge is 2.43. The number of carbonyl (C=O) groups excluding carboxylic acids is 1. The summed E-state index contributed by atoms with van der Waals surface area (Å²) in [5.41, 5.74) is -1.14. The second kappa shape index (κ2) is 6.51. The lowest BCUT2D eigenvalue weighted by molar-refractivity contribution is -0.148. The maximum absolute atomic E-state index is 12.4. The van der Waals surface area contributed by atoms with E-state index in [0.717, 1.165) is 23.6 Å². The summed E-state index contributed by atoms with van der Waals surface area (Å²) in [5, 5.41) is 14.3. The number of benzene rings is 2. The molecule has 1 atom stereocenters. The van der Waals surface area contributed by atoms with Gasteiger partial charge in [0.2, 0.25) is 0 Å².